The molecule has 2 aromatic carbocycles. The second-order valence-corrected chi connectivity index (χ2v) is 6.47. The topological polar surface area (TPSA) is 20.3 Å². The van der Waals surface area contributed by atoms with Crippen LogP contribution in [0.15, 0.2) is 53.4 Å². The molecule has 0 aromatic heterocycles. The highest BCUT2D eigenvalue weighted by atomic mass is 32.2. The van der Waals surface area contributed by atoms with Crippen LogP contribution < -0.4 is 0 Å². The van der Waals surface area contributed by atoms with Crippen molar-refractivity contribution in [3.8, 4) is 0 Å². The van der Waals surface area contributed by atoms with Gasteiger partial charge in [-0.1, -0.05) is 48.0 Å². The lowest BCUT2D eigenvalue weighted by atomic mass is 10.2. The van der Waals surface area contributed by atoms with Gasteiger partial charge < -0.3 is 4.90 Å². The number of amides is 1. The number of hydrogen-bond acceptors (Lipinski definition) is 2. The maximum Gasteiger partial charge on any atom is 0.233 e. The second kappa shape index (κ2) is 8.04. The molecule has 2 nitrogen and oxygen atoms in total. The molecule has 0 unspecified atom stereocenters. The van der Waals surface area contributed by atoms with E-state index >= 15 is 0 Å². The summed E-state index contributed by atoms with van der Waals surface area (Å²) < 4.78 is 0. The molecule has 2 aromatic rings. The molecule has 0 aliphatic carbocycles. The van der Waals surface area contributed by atoms with Crippen molar-refractivity contribution in [2.45, 2.75) is 32.2 Å². The van der Waals surface area contributed by atoms with E-state index in [1.807, 2.05) is 30.0 Å². The normalized spacial score (nSPS) is 10.5. The van der Waals surface area contributed by atoms with E-state index in [9.17, 15) is 4.79 Å². The Morgan fingerprint density at radius 3 is 2.50 bits per heavy atom. The van der Waals surface area contributed by atoms with Crippen molar-refractivity contribution in [3.05, 3.63) is 65.2 Å². The first kappa shape index (κ1) is 16.6. The van der Waals surface area contributed by atoms with Crippen LogP contribution in [0, 0.1) is 13.8 Å². The van der Waals surface area contributed by atoms with Gasteiger partial charge in [-0.2, -0.15) is 0 Å². The van der Waals surface area contributed by atoms with Crippen molar-refractivity contribution in [2.24, 2.45) is 0 Å². The van der Waals surface area contributed by atoms with E-state index in [1.165, 1.54) is 21.6 Å². The number of carbonyl (C=O) groups is 1. The molecule has 0 radical (unpaired) electrons. The van der Waals surface area contributed by atoms with Gasteiger partial charge >= 0.3 is 0 Å². The maximum atomic E-state index is 12.5. The molecule has 0 fully saturated rings. The highest BCUT2D eigenvalue weighted by molar-refractivity contribution is 8.00. The smallest absolute Gasteiger partial charge is 0.233 e. The Labute approximate surface area is 137 Å². The Bertz CT molecular complexity index is 625. The van der Waals surface area contributed by atoms with Gasteiger partial charge in [-0.05, 0) is 38.0 Å². The van der Waals surface area contributed by atoms with Crippen LogP contribution in [0.1, 0.15) is 23.6 Å². The summed E-state index contributed by atoms with van der Waals surface area (Å²) in [5.74, 6) is 0.683. The summed E-state index contributed by atoms with van der Waals surface area (Å²) in [6, 6.07) is 16.5. The van der Waals surface area contributed by atoms with Crippen LogP contribution in [-0.4, -0.2) is 23.1 Å². The SMILES string of the molecule is CCN(Cc1ccccc1)C(=O)CSc1cc(C)ccc1C. The number of nitrogens with zero attached hydrogens (tertiary/aromatic N) is 1. The third kappa shape index (κ3) is 4.63. The highest BCUT2D eigenvalue weighted by Crippen LogP contribution is 2.24. The minimum atomic E-state index is 0.192. The molecule has 0 spiro atoms. The highest BCUT2D eigenvalue weighted by Gasteiger charge is 2.13. The van der Waals surface area contributed by atoms with E-state index in [0.29, 0.717) is 12.3 Å². The van der Waals surface area contributed by atoms with Gasteiger partial charge in [-0.25, -0.2) is 0 Å². The third-order valence-electron chi connectivity index (χ3n) is 3.65. The zero-order valence-electron chi connectivity index (χ0n) is 13.5. The van der Waals surface area contributed by atoms with Crippen LogP contribution in [0.5, 0.6) is 0 Å². The minimum Gasteiger partial charge on any atom is -0.338 e. The summed E-state index contributed by atoms with van der Waals surface area (Å²) in [4.78, 5) is 15.6. The Morgan fingerprint density at radius 1 is 1.09 bits per heavy atom. The number of benzene rings is 2. The molecule has 2 rings (SSSR count). The van der Waals surface area contributed by atoms with Gasteiger partial charge in [-0.15, -0.1) is 11.8 Å². The zero-order valence-corrected chi connectivity index (χ0v) is 14.3. The van der Waals surface area contributed by atoms with Crippen LogP contribution >= 0.6 is 11.8 Å². The average molecular weight is 313 g/mol. The van der Waals surface area contributed by atoms with Gasteiger partial charge in [-0.3, -0.25) is 4.79 Å². The predicted octanol–water partition coefficient (Wildman–Crippen LogP) is 4.44. The molecule has 1 amide bonds. The molecule has 0 saturated carbocycles. The first-order chi connectivity index (χ1) is 10.6. The molecule has 0 aliphatic rings. The van der Waals surface area contributed by atoms with Crippen LogP contribution in [0.3, 0.4) is 0 Å². The summed E-state index contributed by atoms with van der Waals surface area (Å²) in [6.07, 6.45) is 0. The van der Waals surface area contributed by atoms with Crippen molar-refractivity contribution in [2.75, 3.05) is 12.3 Å². The fourth-order valence-electron chi connectivity index (χ4n) is 2.27. The van der Waals surface area contributed by atoms with Crippen molar-refractivity contribution >= 4 is 17.7 Å². The third-order valence-corrected chi connectivity index (χ3v) is 4.79. The van der Waals surface area contributed by atoms with Gasteiger partial charge in [0.05, 0.1) is 5.75 Å². The molecular formula is C19H23NOS. The maximum absolute atomic E-state index is 12.5. The number of rotatable bonds is 6. The van der Waals surface area contributed by atoms with Crippen molar-refractivity contribution < 1.29 is 4.79 Å². The fourth-order valence-corrected chi connectivity index (χ4v) is 3.30. The zero-order chi connectivity index (χ0) is 15.9. The minimum absolute atomic E-state index is 0.192. The van der Waals surface area contributed by atoms with Gasteiger partial charge in [0.2, 0.25) is 5.91 Å². The predicted molar refractivity (Wildman–Crippen MR) is 94.2 cm³/mol. The van der Waals surface area contributed by atoms with E-state index in [1.54, 1.807) is 11.8 Å². The Balaban J connectivity index is 1.96. The molecule has 22 heavy (non-hydrogen) atoms. The molecule has 3 heteroatoms. The molecular weight excluding hydrogens is 290 g/mol. The quantitative estimate of drug-likeness (QED) is 0.735. The number of carbonyl (C=O) groups excluding carboxylic acids is 1. The van der Waals surface area contributed by atoms with Crippen molar-refractivity contribution in [1.82, 2.24) is 4.90 Å². The average Bonchev–Trinajstić information content (AvgIpc) is 2.54. The number of thioether (sulfide) groups is 1. The summed E-state index contributed by atoms with van der Waals surface area (Å²) in [7, 11) is 0. The number of hydrogen-bond donors (Lipinski definition) is 0. The Morgan fingerprint density at radius 2 is 1.82 bits per heavy atom. The lowest BCUT2D eigenvalue weighted by molar-refractivity contribution is -0.128. The Hall–Kier alpha value is -1.74. The van der Waals surface area contributed by atoms with E-state index in [-0.39, 0.29) is 5.91 Å². The van der Waals surface area contributed by atoms with Gasteiger partial charge in [0.1, 0.15) is 0 Å². The van der Waals surface area contributed by atoms with Gasteiger partial charge in [0.15, 0.2) is 0 Å². The van der Waals surface area contributed by atoms with Crippen LogP contribution in [0.4, 0.5) is 0 Å². The molecule has 116 valence electrons. The molecule has 0 atom stereocenters. The standard InChI is InChI=1S/C19H23NOS/c1-4-20(13-17-8-6-5-7-9-17)19(21)14-22-18-12-15(2)10-11-16(18)3/h5-12H,4,13-14H2,1-3H3. The molecule has 0 N–H and O–H groups in total. The Kier molecular flexibility index (Phi) is 6.08. The first-order valence-electron chi connectivity index (χ1n) is 7.62. The van der Waals surface area contributed by atoms with Crippen molar-refractivity contribution in [1.29, 1.82) is 0 Å². The summed E-state index contributed by atoms with van der Waals surface area (Å²) >= 11 is 1.63. The first-order valence-corrected chi connectivity index (χ1v) is 8.60. The second-order valence-electron chi connectivity index (χ2n) is 5.45. The van der Waals surface area contributed by atoms with E-state index in [4.69, 9.17) is 0 Å². The van der Waals surface area contributed by atoms with Crippen molar-refractivity contribution in [3.63, 3.8) is 0 Å². The van der Waals surface area contributed by atoms with Crippen LogP contribution in [-0.2, 0) is 11.3 Å². The van der Waals surface area contributed by atoms with Gasteiger partial charge in [0, 0.05) is 18.0 Å². The van der Waals surface area contributed by atoms with Crippen LogP contribution in [0.2, 0.25) is 0 Å². The van der Waals surface area contributed by atoms with Gasteiger partial charge in [0.25, 0.3) is 0 Å². The van der Waals surface area contributed by atoms with E-state index in [2.05, 4.69) is 44.2 Å². The van der Waals surface area contributed by atoms with E-state index in [0.717, 1.165) is 6.54 Å². The summed E-state index contributed by atoms with van der Waals surface area (Å²) in [5.41, 5.74) is 3.64. The number of aryl methyl sites for hydroxylation is 2. The largest absolute Gasteiger partial charge is 0.338 e. The molecule has 0 saturated heterocycles. The fraction of sp³-hybridized carbons (Fsp3) is 0.316. The molecule has 0 heterocycles. The molecule has 0 aliphatic heterocycles. The monoisotopic (exact) mass is 313 g/mol. The lowest BCUT2D eigenvalue weighted by Crippen LogP contribution is -2.31. The lowest BCUT2D eigenvalue weighted by Gasteiger charge is -2.21. The van der Waals surface area contributed by atoms with E-state index < -0.39 is 0 Å². The summed E-state index contributed by atoms with van der Waals surface area (Å²) in [5, 5.41) is 0. The molecule has 0 bridgehead atoms. The summed E-state index contributed by atoms with van der Waals surface area (Å²) in [6.45, 7) is 7.63. The van der Waals surface area contributed by atoms with Crippen LogP contribution in [0.25, 0.3) is 0 Å².